The Balaban J connectivity index is 4.18. The summed E-state index contributed by atoms with van der Waals surface area (Å²) in [7, 11) is 1.75. The smallest absolute Gasteiger partial charge is 0.257 e. The highest BCUT2D eigenvalue weighted by atomic mass is 127. The number of carbonyl (C=O) groups is 1. The first-order valence-corrected chi connectivity index (χ1v) is 4.19. The summed E-state index contributed by atoms with van der Waals surface area (Å²) in [6.07, 6.45) is 2.67. The summed E-state index contributed by atoms with van der Waals surface area (Å²) in [6.45, 7) is 3.87. The summed E-state index contributed by atoms with van der Waals surface area (Å²) in [5.74, 6) is 0.102. The van der Waals surface area contributed by atoms with Crippen LogP contribution in [0.3, 0.4) is 0 Å². The number of likely N-dealkylation sites (N-methyl/N-ethyl adjacent to an activating group) is 1. The van der Waals surface area contributed by atoms with Gasteiger partial charge in [0.2, 0.25) is 0 Å². The van der Waals surface area contributed by atoms with Crippen molar-refractivity contribution in [2.24, 2.45) is 0 Å². The zero-order valence-corrected chi connectivity index (χ0v) is 8.68. The Bertz CT molecular complexity index is 152. The van der Waals surface area contributed by atoms with E-state index in [2.05, 4.69) is 0 Å². The summed E-state index contributed by atoms with van der Waals surface area (Å²) in [6, 6.07) is 0. The molecule has 0 aliphatic carbocycles. The van der Waals surface area contributed by atoms with E-state index in [-0.39, 0.29) is 5.91 Å². The van der Waals surface area contributed by atoms with Crippen molar-refractivity contribution in [2.45, 2.75) is 20.3 Å². The SMILES string of the molecule is C/C=C(\CC)C(=O)N(C)I. The molecule has 58 valence electrons. The largest absolute Gasteiger partial charge is 0.284 e. The standard InChI is InChI=1S/C7H12INO/c1-4-6(5-2)7(10)9(3)8/h4H,5H2,1-3H3/b6-4+. The average molecular weight is 253 g/mol. The third-order valence-corrected chi connectivity index (χ3v) is 1.72. The molecule has 3 heteroatoms. The van der Waals surface area contributed by atoms with Gasteiger partial charge in [0, 0.05) is 12.6 Å². The molecule has 0 heterocycles. The first kappa shape index (κ1) is 9.94. The van der Waals surface area contributed by atoms with Gasteiger partial charge >= 0.3 is 0 Å². The van der Waals surface area contributed by atoms with Crippen LogP contribution in [0.1, 0.15) is 20.3 Å². The maximum atomic E-state index is 11.2. The molecular formula is C7H12INO. The van der Waals surface area contributed by atoms with Crippen molar-refractivity contribution in [1.29, 1.82) is 0 Å². The van der Waals surface area contributed by atoms with Crippen molar-refractivity contribution in [3.05, 3.63) is 11.6 Å². The zero-order valence-electron chi connectivity index (χ0n) is 6.52. The minimum absolute atomic E-state index is 0.102. The molecule has 0 aromatic carbocycles. The van der Waals surface area contributed by atoms with Gasteiger partial charge in [0.25, 0.3) is 5.91 Å². The van der Waals surface area contributed by atoms with Crippen molar-refractivity contribution >= 4 is 28.8 Å². The van der Waals surface area contributed by atoms with Gasteiger partial charge in [-0.1, -0.05) is 13.0 Å². The molecule has 0 saturated carbocycles. The summed E-state index contributed by atoms with van der Waals surface area (Å²) >= 11 is 1.97. The van der Waals surface area contributed by atoms with E-state index >= 15 is 0 Å². The molecule has 0 fully saturated rings. The van der Waals surface area contributed by atoms with Crippen molar-refractivity contribution in [1.82, 2.24) is 3.11 Å². The predicted molar refractivity (Wildman–Crippen MR) is 50.8 cm³/mol. The van der Waals surface area contributed by atoms with E-state index in [4.69, 9.17) is 0 Å². The molecule has 0 bridgehead atoms. The van der Waals surface area contributed by atoms with E-state index in [9.17, 15) is 4.79 Å². The van der Waals surface area contributed by atoms with Crippen LogP contribution < -0.4 is 0 Å². The number of amides is 1. The van der Waals surface area contributed by atoms with Gasteiger partial charge in [-0.2, -0.15) is 0 Å². The Morgan fingerprint density at radius 2 is 2.20 bits per heavy atom. The van der Waals surface area contributed by atoms with E-state index in [1.165, 1.54) is 0 Å². The number of rotatable bonds is 2. The van der Waals surface area contributed by atoms with Crippen LogP contribution in [0.4, 0.5) is 0 Å². The van der Waals surface area contributed by atoms with Gasteiger partial charge in [0.15, 0.2) is 0 Å². The fraction of sp³-hybridized carbons (Fsp3) is 0.571. The minimum atomic E-state index is 0.102. The summed E-state index contributed by atoms with van der Waals surface area (Å²) in [5.41, 5.74) is 0.872. The number of nitrogens with zero attached hydrogens (tertiary/aromatic N) is 1. The molecule has 0 atom stereocenters. The summed E-state index contributed by atoms with van der Waals surface area (Å²) in [5, 5.41) is 0. The lowest BCUT2D eigenvalue weighted by Gasteiger charge is -2.08. The van der Waals surface area contributed by atoms with Crippen LogP contribution in [-0.2, 0) is 4.79 Å². The van der Waals surface area contributed by atoms with Gasteiger partial charge in [0.1, 0.15) is 0 Å². The number of hydrogen-bond acceptors (Lipinski definition) is 1. The lowest BCUT2D eigenvalue weighted by Crippen LogP contribution is -2.17. The molecule has 0 N–H and O–H groups in total. The molecule has 0 radical (unpaired) electrons. The Hall–Kier alpha value is -0.0600. The van der Waals surface area contributed by atoms with Crippen LogP contribution >= 0.6 is 22.9 Å². The van der Waals surface area contributed by atoms with Gasteiger partial charge < -0.3 is 0 Å². The Kier molecular flexibility index (Phi) is 4.68. The Morgan fingerprint density at radius 3 is 2.30 bits per heavy atom. The molecular weight excluding hydrogens is 241 g/mol. The molecule has 0 saturated heterocycles. The van der Waals surface area contributed by atoms with E-state index < -0.39 is 0 Å². The highest BCUT2D eigenvalue weighted by molar-refractivity contribution is 14.1. The normalized spacial score (nSPS) is 11.4. The summed E-state index contributed by atoms with van der Waals surface area (Å²) < 4.78 is 1.57. The van der Waals surface area contributed by atoms with Crippen LogP contribution in [0.5, 0.6) is 0 Å². The molecule has 10 heavy (non-hydrogen) atoms. The van der Waals surface area contributed by atoms with E-state index in [1.807, 2.05) is 42.8 Å². The maximum absolute atomic E-state index is 11.2. The monoisotopic (exact) mass is 253 g/mol. The summed E-state index contributed by atoms with van der Waals surface area (Å²) in [4.78, 5) is 11.2. The molecule has 1 amide bonds. The fourth-order valence-electron chi connectivity index (χ4n) is 0.677. The Labute approximate surface area is 75.8 Å². The van der Waals surface area contributed by atoms with Gasteiger partial charge in [-0.05, 0) is 13.3 Å². The van der Waals surface area contributed by atoms with E-state index in [1.54, 1.807) is 10.2 Å². The lowest BCUT2D eigenvalue weighted by atomic mass is 10.2. The van der Waals surface area contributed by atoms with Crippen molar-refractivity contribution in [3.8, 4) is 0 Å². The number of halogens is 1. The molecule has 0 aliphatic rings. The van der Waals surface area contributed by atoms with Gasteiger partial charge in [0.05, 0.1) is 22.9 Å². The third kappa shape index (κ3) is 2.68. The second kappa shape index (κ2) is 4.71. The van der Waals surface area contributed by atoms with E-state index in [0.717, 1.165) is 12.0 Å². The molecule has 2 nitrogen and oxygen atoms in total. The molecule has 0 unspecified atom stereocenters. The highest BCUT2D eigenvalue weighted by Gasteiger charge is 2.08. The van der Waals surface area contributed by atoms with Crippen molar-refractivity contribution in [3.63, 3.8) is 0 Å². The molecule has 0 aliphatic heterocycles. The average Bonchev–Trinajstić information content (AvgIpc) is 1.90. The topological polar surface area (TPSA) is 20.3 Å². The molecule has 0 aromatic rings. The third-order valence-electron chi connectivity index (χ3n) is 1.28. The number of allylic oxidation sites excluding steroid dienone is 1. The lowest BCUT2D eigenvalue weighted by molar-refractivity contribution is -0.120. The van der Waals surface area contributed by atoms with Gasteiger partial charge in [-0.15, -0.1) is 0 Å². The van der Waals surface area contributed by atoms with Crippen molar-refractivity contribution < 1.29 is 4.79 Å². The fourth-order valence-corrected chi connectivity index (χ4v) is 0.987. The van der Waals surface area contributed by atoms with Crippen LogP contribution in [0.2, 0.25) is 0 Å². The van der Waals surface area contributed by atoms with Gasteiger partial charge in [-0.25, -0.2) is 0 Å². The van der Waals surface area contributed by atoms with Crippen LogP contribution in [0.15, 0.2) is 11.6 Å². The van der Waals surface area contributed by atoms with Crippen molar-refractivity contribution in [2.75, 3.05) is 7.05 Å². The predicted octanol–water partition coefficient (Wildman–Crippen LogP) is 2.15. The quantitative estimate of drug-likeness (QED) is 0.419. The van der Waals surface area contributed by atoms with Crippen LogP contribution in [-0.4, -0.2) is 16.1 Å². The van der Waals surface area contributed by atoms with Crippen LogP contribution in [0.25, 0.3) is 0 Å². The molecule has 0 aromatic heterocycles. The second-order valence-corrected chi connectivity index (χ2v) is 3.40. The number of carbonyl (C=O) groups excluding carboxylic acids is 1. The minimum Gasteiger partial charge on any atom is -0.284 e. The maximum Gasteiger partial charge on any atom is 0.257 e. The van der Waals surface area contributed by atoms with Gasteiger partial charge in [-0.3, -0.25) is 7.91 Å². The molecule has 0 spiro atoms. The van der Waals surface area contributed by atoms with E-state index in [0.29, 0.717) is 0 Å². The first-order valence-electron chi connectivity index (χ1n) is 3.22. The Morgan fingerprint density at radius 1 is 1.70 bits per heavy atom. The molecule has 0 rings (SSSR count). The highest BCUT2D eigenvalue weighted by Crippen LogP contribution is 2.07. The second-order valence-electron chi connectivity index (χ2n) is 1.95. The first-order chi connectivity index (χ1) is 4.63. The number of hydrogen-bond donors (Lipinski definition) is 0. The van der Waals surface area contributed by atoms with Crippen LogP contribution in [0, 0.1) is 0 Å². The zero-order chi connectivity index (χ0) is 8.15.